The number of hydrazone groups is 1. The van der Waals surface area contributed by atoms with Crippen LogP contribution in [0, 0.1) is 0 Å². The molecule has 1 saturated heterocycles. The van der Waals surface area contributed by atoms with Crippen LogP contribution in [0.15, 0.2) is 34.1 Å². The fourth-order valence-corrected chi connectivity index (χ4v) is 7.88. The maximum Gasteiger partial charge on any atom is 0.270 e. The Morgan fingerprint density at radius 1 is 1.13 bits per heavy atom. The van der Waals surface area contributed by atoms with Crippen LogP contribution in [-0.4, -0.2) is 59.9 Å². The molecule has 1 fully saturated rings. The second kappa shape index (κ2) is 7.58. The molecule has 3 aliphatic rings. The normalized spacial score (nSPS) is 25.9. The number of amides is 2. The van der Waals surface area contributed by atoms with Crippen molar-refractivity contribution in [2.75, 3.05) is 18.1 Å². The summed E-state index contributed by atoms with van der Waals surface area (Å²) in [6, 6.07) is 5.51. The van der Waals surface area contributed by atoms with E-state index in [0.29, 0.717) is 18.7 Å². The lowest BCUT2D eigenvalue weighted by Crippen LogP contribution is -2.47. The van der Waals surface area contributed by atoms with Gasteiger partial charge in [0.2, 0.25) is 5.91 Å². The lowest BCUT2D eigenvalue weighted by atomic mass is 9.97. The molecular weight excluding hydrogens is 442 g/mol. The molecule has 0 radical (unpaired) electrons. The van der Waals surface area contributed by atoms with Crippen molar-refractivity contribution in [2.24, 2.45) is 5.10 Å². The number of rotatable bonds is 3. The summed E-state index contributed by atoms with van der Waals surface area (Å²) in [4.78, 5) is 30.2. The minimum atomic E-state index is -3.15. The molecule has 0 spiro atoms. The van der Waals surface area contributed by atoms with E-state index in [1.807, 2.05) is 22.4 Å². The molecule has 7 nitrogen and oxygen atoms in total. The van der Waals surface area contributed by atoms with Gasteiger partial charge in [-0.15, -0.1) is 22.7 Å². The number of carbonyl (C=O) groups excluding carboxylic acids is 2. The maximum atomic E-state index is 13.5. The average Bonchev–Trinajstić information content (AvgIpc) is 3.47. The third kappa shape index (κ3) is 3.50. The first-order valence-electron chi connectivity index (χ1n) is 9.93. The number of hydrogen-bond donors (Lipinski definition) is 0. The van der Waals surface area contributed by atoms with Crippen LogP contribution in [0.1, 0.15) is 40.6 Å². The van der Waals surface area contributed by atoms with E-state index in [-0.39, 0.29) is 42.2 Å². The first kappa shape index (κ1) is 19.9. The summed E-state index contributed by atoms with van der Waals surface area (Å²) in [5.74, 6) is -0.386. The first-order chi connectivity index (χ1) is 14.4. The largest absolute Gasteiger partial charge is 0.325 e. The van der Waals surface area contributed by atoms with E-state index in [1.165, 1.54) is 9.89 Å². The van der Waals surface area contributed by atoms with Crippen molar-refractivity contribution < 1.29 is 18.0 Å². The van der Waals surface area contributed by atoms with Crippen molar-refractivity contribution in [3.63, 3.8) is 0 Å². The van der Waals surface area contributed by atoms with Gasteiger partial charge in [0.05, 0.1) is 23.6 Å². The summed E-state index contributed by atoms with van der Waals surface area (Å²) in [5, 5.41) is 9.74. The molecule has 158 valence electrons. The zero-order valence-electron chi connectivity index (χ0n) is 16.2. The molecule has 2 amide bonds. The predicted octanol–water partition coefficient (Wildman–Crippen LogP) is 2.45. The zero-order valence-corrected chi connectivity index (χ0v) is 18.6. The summed E-state index contributed by atoms with van der Waals surface area (Å²) >= 11 is 3.34. The molecule has 0 bridgehead atoms. The van der Waals surface area contributed by atoms with E-state index in [1.54, 1.807) is 22.7 Å². The summed E-state index contributed by atoms with van der Waals surface area (Å²) in [6.45, 7) is 0.597. The van der Waals surface area contributed by atoms with Gasteiger partial charge in [0.1, 0.15) is 5.71 Å². The van der Waals surface area contributed by atoms with Crippen LogP contribution in [0.25, 0.3) is 0 Å². The predicted molar refractivity (Wildman–Crippen MR) is 116 cm³/mol. The van der Waals surface area contributed by atoms with E-state index in [0.717, 1.165) is 16.9 Å². The number of nitrogens with zero attached hydrogens (tertiary/aromatic N) is 3. The van der Waals surface area contributed by atoms with E-state index in [9.17, 15) is 18.0 Å². The lowest BCUT2D eigenvalue weighted by Gasteiger charge is -2.37. The average molecular weight is 464 g/mol. The minimum absolute atomic E-state index is 0.0633. The molecule has 30 heavy (non-hydrogen) atoms. The van der Waals surface area contributed by atoms with Gasteiger partial charge in [-0.25, -0.2) is 13.4 Å². The third-order valence-corrected chi connectivity index (χ3v) is 9.57. The molecule has 0 unspecified atom stereocenters. The highest BCUT2D eigenvalue weighted by molar-refractivity contribution is 7.91. The van der Waals surface area contributed by atoms with Crippen LogP contribution >= 0.6 is 22.7 Å². The fraction of sp³-hybridized carbons (Fsp3) is 0.450. The summed E-state index contributed by atoms with van der Waals surface area (Å²) in [6.07, 6.45) is 1.65. The Morgan fingerprint density at radius 2 is 2.00 bits per heavy atom. The Labute approximate surface area is 182 Å². The number of hydrogen-bond acceptors (Lipinski definition) is 7. The summed E-state index contributed by atoms with van der Waals surface area (Å²) in [7, 11) is -3.15. The van der Waals surface area contributed by atoms with E-state index < -0.39 is 15.9 Å². The minimum Gasteiger partial charge on any atom is -0.325 e. The SMILES string of the molecule is O=C(C1=NN([C@H]2CCS(=O)(=O)C2)C(=O)CC1)N1CCc2sccc2[C@H]1c1cccs1. The topological polar surface area (TPSA) is 87.1 Å². The highest BCUT2D eigenvalue weighted by Gasteiger charge is 2.40. The monoisotopic (exact) mass is 463 g/mol. The van der Waals surface area contributed by atoms with Crippen molar-refractivity contribution in [1.82, 2.24) is 9.91 Å². The Kier molecular flexibility index (Phi) is 5.03. The molecule has 5 rings (SSSR count). The molecule has 0 aliphatic carbocycles. The Morgan fingerprint density at radius 3 is 2.73 bits per heavy atom. The van der Waals surface area contributed by atoms with Gasteiger partial charge in [0.15, 0.2) is 9.84 Å². The first-order valence-corrected chi connectivity index (χ1v) is 13.5. The molecule has 2 aromatic rings. The van der Waals surface area contributed by atoms with Crippen molar-refractivity contribution in [2.45, 2.75) is 37.8 Å². The number of thiophene rings is 2. The van der Waals surface area contributed by atoms with Gasteiger partial charge in [0, 0.05) is 29.1 Å². The lowest BCUT2D eigenvalue weighted by molar-refractivity contribution is -0.134. The van der Waals surface area contributed by atoms with Crippen LogP contribution in [-0.2, 0) is 25.8 Å². The van der Waals surface area contributed by atoms with Gasteiger partial charge in [-0.05, 0) is 41.3 Å². The van der Waals surface area contributed by atoms with E-state index in [2.05, 4.69) is 16.5 Å². The van der Waals surface area contributed by atoms with Gasteiger partial charge in [0.25, 0.3) is 5.91 Å². The fourth-order valence-electron chi connectivity index (χ4n) is 4.43. The molecule has 5 heterocycles. The summed E-state index contributed by atoms with van der Waals surface area (Å²) < 4.78 is 23.7. The smallest absolute Gasteiger partial charge is 0.270 e. The molecule has 0 saturated carbocycles. The standard InChI is InChI=1S/C20H21N3O4S3/c24-18-4-3-15(21-23(18)13-7-11-30(26,27)12-13)20(25)22-8-5-16-14(6-10-29-16)19(22)17-2-1-9-28-17/h1-2,6,9-10,13,19H,3-5,7-8,11-12H2/t13-,19-/m0/s1. The number of fused-ring (bicyclic) bond motifs is 1. The second-order valence-electron chi connectivity index (χ2n) is 7.81. The molecule has 10 heteroatoms. The molecule has 0 N–H and O–H groups in total. The van der Waals surface area contributed by atoms with Crippen LogP contribution in [0.2, 0.25) is 0 Å². The van der Waals surface area contributed by atoms with Crippen LogP contribution in [0.4, 0.5) is 0 Å². The Hall–Kier alpha value is -2.04. The molecule has 3 aliphatic heterocycles. The third-order valence-electron chi connectivity index (χ3n) is 5.90. The van der Waals surface area contributed by atoms with Gasteiger partial charge < -0.3 is 4.90 Å². The van der Waals surface area contributed by atoms with Crippen molar-refractivity contribution >= 4 is 50.0 Å². The van der Waals surface area contributed by atoms with Crippen molar-refractivity contribution in [3.05, 3.63) is 44.3 Å². The van der Waals surface area contributed by atoms with Gasteiger partial charge in [-0.1, -0.05) is 6.07 Å². The summed E-state index contributed by atoms with van der Waals surface area (Å²) in [5.41, 5.74) is 1.51. The van der Waals surface area contributed by atoms with E-state index >= 15 is 0 Å². The van der Waals surface area contributed by atoms with Gasteiger partial charge in [-0.3, -0.25) is 9.59 Å². The highest BCUT2D eigenvalue weighted by Crippen LogP contribution is 2.40. The molecular formula is C20H21N3O4S3. The Bertz CT molecular complexity index is 1120. The molecule has 2 atom stereocenters. The second-order valence-corrected chi connectivity index (χ2v) is 12.0. The van der Waals surface area contributed by atoms with Crippen LogP contribution < -0.4 is 0 Å². The van der Waals surface area contributed by atoms with E-state index in [4.69, 9.17) is 0 Å². The molecule has 0 aromatic carbocycles. The zero-order chi connectivity index (χ0) is 20.9. The van der Waals surface area contributed by atoms with Crippen molar-refractivity contribution in [1.29, 1.82) is 0 Å². The number of sulfone groups is 1. The highest BCUT2D eigenvalue weighted by atomic mass is 32.2. The van der Waals surface area contributed by atoms with Crippen LogP contribution in [0.5, 0.6) is 0 Å². The van der Waals surface area contributed by atoms with Crippen molar-refractivity contribution in [3.8, 4) is 0 Å². The molecule has 2 aromatic heterocycles. The maximum absolute atomic E-state index is 13.5. The quantitative estimate of drug-likeness (QED) is 0.700. The van der Waals surface area contributed by atoms with Gasteiger partial charge in [-0.2, -0.15) is 5.10 Å². The van der Waals surface area contributed by atoms with Crippen LogP contribution in [0.3, 0.4) is 0 Å². The number of carbonyl (C=O) groups is 2. The Balaban J connectivity index is 1.46. The van der Waals surface area contributed by atoms with Gasteiger partial charge >= 0.3 is 0 Å².